The predicted octanol–water partition coefficient (Wildman–Crippen LogP) is 5.66. The van der Waals surface area contributed by atoms with Crippen molar-refractivity contribution >= 4 is 47.8 Å². The van der Waals surface area contributed by atoms with Crippen LogP contribution in [0.4, 0.5) is 0 Å². The molecule has 2 aliphatic carbocycles. The van der Waals surface area contributed by atoms with E-state index in [1.807, 2.05) is 12.1 Å². The molecule has 0 aliphatic heterocycles. The van der Waals surface area contributed by atoms with E-state index in [-0.39, 0.29) is 0 Å². The lowest BCUT2D eigenvalue weighted by atomic mass is 9.55. The van der Waals surface area contributed by atoms with E-state index in [4.69, 9.17) is 4.74 Å². The van der Waals surface area contributed by atoms with Gasteiger partial charge in [0.2, 0.25) is 0 Å². The summed E-state index contributed by atoms with van der Waals surface area (Å²) in [5.74, 6) is 0.933. The lowest BCUT2D eigenvalue weighted by Crippen LogP contribution is -2.64. The first-order chi connectivity index (χ1) is 10.1. The molecule has 1 aromatic rings. The van der Waals surface area contributed by atoms with Crippen molar-refractivity contribution < 1.29 is 4.74 Å². The summed E-state index contributed by atoms with van der Waals surface area (Å²) in [6.45, 7) is 0. The van der Waals surface area contributed by atoms with Crippen LogP contribution in [0, 0.1) is 5.41 Å². The maximum atomic E-state index is 6.44. The third-order valence-electron chi connectivity index (χ3n) is 5.14. The highest BCUT2D eigenvalue weighted by atomic mass is 79.9. The van der Waals surface area contributed by atoms with Crippen LogP contribution in [0.15, 0.2) is 25.6 Å². The highest BCUT2D eigenvalue weighted by Crippen LogP contribution is 2.54. The molecule has 0 heterocycles. The molecule has 5 heteroatoms. The molecule has 0 bridgehead atoms. The van der Waals surface area contributed by atoms with Crippen LogP contribution in [0.5, 0.6) is 5.75 Å². The maximum absolute atomic E-state index is 6.44. The van der Waals surface area contributed by atoms with Gasteiger partial charge in [0.15, 0.2) is 0 Å². The third kappa shape index (κ3) is 2.96. The van der Waals surface area contributed by atoms with Gasteiger partial charge in [0.05, 0.1) is 8.95 Å². The summed E-state index contributed by atoms with van der Waals surface area (Å²) in [5, 5.41) is 3.51. The largest absolute Gasteiger partial charge is 0.487 e. The highest BCUT2D eigenvalue weighted by molar-refractivity contribution is 9.11. The minimum Gasteiger partial charge on any atom is -0.487 e. The van der Waals surface area contributed by atoms with Gasteiger partial charge in [-0.2, -0.15) is 0 Å². The molecule has 2 saturated carbocycles. The second-order valence-electron chi connectivity index (χ2n) is 6.18. The number of hydrogen-bond acceptors (Lipinski definition) is 2. The van der Waals surface area contributed by atoms with Crippen molar-refractivity contribution in [1.82, 2.24) is 5.32 Å². The first-order valence-electron chi connectivity index (χ1n) is 7.55. The van der Waals surface area contributed by atoms with Gasteiger partial charge in [0, 0.05) is 22.4 Å². The van der Waals surface area contributed by atoms with E-state index in [0.29, 0.717) is 17.6 Å². The van der Waals surface area contributed by atoms with E-state index in [0.717, 1.165) is 25.6 Å². The Morgan fingerprint density at radius 1 is 1.10 bits per heavy atom. The zero-order valence-electron chi connectivity index (χ0n) is 12.1. The molecule has 2 nitrogen and oxygen atoms in total. The van der Waals surface area contributed by atoms with Gasteiger partial charge in [-0.05, 0) is 63.9 Å². The summed E-state index contributed by atoms with van der Waals surface area (Å²) in [7, 11) is 2.09. The van der Waals surface area contributed by atoms with E-state index in [1.165, 1.54) is 32.1 Å². The van der Waals surface area contributed by atoms with Crippen molar-refractivity contribution in [3.63, 3.8) is 0 Å². The quantitative estimate of drug-likeness (QED) is 0.601. The summed E-state index contributed by atoms with van der Waals surface area (Å²) in [5.41, 5.74) is 0.332. The average Bonchev–Trinajstić information content (AvgIpc) is 2.45. The molecule has 2 unspecified atom stereocenters. The lowest BCUT2D eigenvalue weighted by Gasteiger charge is -2.57. The number of hydrogen-bond donors (Lipinski definition) is 1. The monoisotopic (exact) mass is 479 g/mol. The highest BCUT2D eigenvalue weighted by Gasteiger charge is 2.56. The van der Waals surface area contributed by atoms with E-state index >= 15 is 0 Å². The van der Waals surface area contributed by atoms with Crippen molar-refractivity contribution in [1.29, 1.82) is 0 Å². The van der Waals surface area contributed by atoms with Gasteiger partial charge in [0.25, 0.3) is 0 Å². The summed E-state index contributed by atoms with van der Waals surface area (Å²) < 4.78 is 9.49. The summed E-state index contributed by atoms with van der Waals surface area (Å²) in [6.07, 6.45) is 8.04. The van der Waals surface area contributed by atoms with Crippen LogP contribution in [0.1, 0.15) is 38.5 Å². The van der Waals surface area contributed by atoms with E-state index in [1.54, 1.807) is 0 Å². The molecular formula is C16H20Br3NO. The third-order valence-corrected chi connectivity index (χ3v) is 6.78. The molecule has 2 fully saturated rings. The van der Waals surface area contributed by atoms with Gasteiger partial charge in [-0.15, -0.1) is 0 Å². The summed E-state index contributed by atoms with van der Waals surface area (Å²) in [4.78, 5) is 0. The molecule has 116 valence electrons. The summed E-state index contributed by atoms with van der Waals surface area (Å²) >= 11 is 10.8. The standard InChI is InChI=1S/C16H20Br3NO/c1-20-13-9-14(16(13)5-3-2-4-6-16)21-15-11(18)7-10(17)8-12(15)19/h7-8,13-14,20H,2-6,9H2,1H3. The minimum absolute atomic E-state index is 0.323. The molecular weight excluding hydrogens is 462 g/mol. The molecule has 0 radical (unpaired) electrons. The van der Waals surface area contributed by atoms with Crippen LogP contribution in [-0.2, 0) is 0 Å². The Labute approximate surface area is 151 Å². The molecule has 2 aliphatic rings. The van der Waals surface area contributed by atoms with Gasteiger partial charge in [0.1, 0.15) is 11.9 Å². The van der Waals surface area contributed by atoms with Gasteiger partial charge in [-0.25, -0.2) is 0 Å². The Balaban J connectivity index is 1.82. The molecule has 21 heavy (non-hydrogen) atoms. The van der Waals surface area contributed by atoms with Crippen LogP contribution in [0.25, 0.3) is 0 Å². The Morgan fingerprint density at radius 2 is 1.71 bits per heavy atom. The Kier molecular flexibility index (Phi) is 5.04. The van der Waals surface area contributed by atoms with Crippen LogP contribution in [0.2, 0.25) is 0 Å². The van der Waals surface area contributed by atoms with Crippen LogP contribution < -0.4 is 10.1 Å². The fourth-order valence-corrected chi connectivity index (χ4v) is 6.43. The number of nitrogens with one attached hydrogen (secondary N) is 1. The zero-order chi connectivity index (χ0) is 15.0. The van der Waals surface area contributed by atoms with E-state index < -0.39 is 0 Å². The number of ether oxygens (including phenoxy) is 1. The fraction of sp³-hybridized carbons (Fsp3) is 0.625. The Hall–Kier alpha value is 0.420. The van der Waals surface area contributed by atoms with Gasteiger partial charge >= 0.3 is 0 Å². The van der Waals surface area contributed by atoms with Gasteiger partial charge < -0.3 is 10.1 Å². The van der Waals surface area contributed by atoms with Crippen molar-refractivity contribution in [2.24, 2.45) is 5.41 Å². The molecule has 1 spiro atoms. The second kappa shape index (κ2) is 6.50. The fourth-order valence-electron chi connectivity index (χ4n) is 3.98. The molecule has 1 N–H and O–H groups in total. The lowest BCUT2D eigenvalue weighted by molar-refractivity contribution is -0.101. The number of halogens is 3. The predicted molar refractivity (Wildman–Crippen MR) is 96.9 cm³/mol. The number of rotatable bonds is 3. The normalized spacial score (nSPS) is 27.4. The van der Waals surface area contributed by atoms with Crippen molar-refractivity contribution in [2.45, 2.75) is 50.7 Å². The first-order valence-corrected chi connectivity index (χ1v) is 9.93. The van der Waals surface area contributed by atoms with Crippen LogP contribution in [-0.4, -0.2) is 19.2 Å². The van der Waals surface area contributed by atoms with E-state index in [2.05, 4.69) is 60.2 Å². The molecule has 1 aromatic carbocycles. The van der Waals surface area contributed by atoms with Crippen molar-refractivity contribution in [2.75, 3.05) is 7.05 Å². The van der Waals surface area contributed by atoms with Gasteiger partial charge in [-0.3, -0.25) is 0 Å². The van der Waals surface area contributed by atoms with E-state index in [9.17, 15) is 0 Å². The molecule has 3 rings (SSSR count). The molecule has 0 aromatic heterocycles. The number of benzene rings is 1. The minimum atomic E-state index is 0.323. The molecule has 2 atom stereocenters. The van der Waals surface area contributed by atoms with Crippen LogP contribution >= 0.6 is 47.8 Å². The smallest absolute Gasteiger partial charge is 0.148 e. The van der Waals surface area contributed by atoms with Crippen LogP contribution in [0.3, 0.4) is 0 Å². The van der Waals surface area contributed by atoms with Crippen molar-refractivity contribution in [3.8, 4) is 5.75 Å². The molecule has 0 saturated heterocycles. The Bertz CT molecular complexity index is 505. The summed E-state index contributed by atoms with van der Waals surface area (Å²) in [6, 6.07) is 4.69. The average molecular weight is 482 g/mol. The second-order valence-corrected chi connectivity index (χ2v) is 8.80. The SMILES string of the molecule is CNC1CC(Oc2c(Br)cc(Br)cc2Br)C12CCCCC2. The van der Waals surface area contributed by atoms with Gasteiger partial charge in [-0.1, -0.05) is 35.2 Å². The maximum Gasteiger partial charge on any atom is 0.148 e. The Morgan fingerprint density at radius 3 is 2.29 bits per heavy atom. The zero-order valence-corrected chi connectivity index (χ0v) is 16.9. The molecule has 0 amide bonds. The topological polar surface area (TPSA) is 21.3 Å². The first kappa shape index (κ1) is 16.3. The van der Waals surface area contributed by atoms with Crippen molar-refractivity contribution in [3.05, 3.63) is 25.6 Å².